The maximum absolute atomic E-state index is 11.1. The molecule has 1 aromatic heterocycles. The van der Waals surface area contributed by atoms with Crippen LogP contribution in [0, 0.1) is 0 Å². The van der Waals surface area contributed by atoms with E-state index in [1.165, 1.54) is 17.6 Å². The molecule has 7 heteroatoms. The first-order valence-corrected chi connectivity index (χ1v) is 8.57. The van der Waals surface area contributed by atoms with Gasteiger partial charge in [0.05, 0.1) is 6.04 Å². The Labute approximate surface area is 107 Å². The quantitative estimate of drug-likeness (QED) is 0.818. The summed E-state index contributed by atoms with van der Waals surface area (Å²) in [6, 6.07) is 0.181. The molecule has 0 bridgehead atoms. The molecule has 1 aromatic rings. The fourth-order valence-corrected chi connectivity index (χ4v) is 3.60. The van der Waals surface area contributed by atoms with E-state index in [0.717, 1.165) is 24.4 Å². The fourth-order valence-electron chi connectivity index (χ4n) is 1.41. The first-order chi connectivity index (χ1) is 7.96. The lowest BCUT2D eigenvalue weighted by atomic mass is 10.2. The number of rotatable bonds is 7. The van der Waals surface area contributed by atoms with Crippen LogP contribution in [0.5, 0.6) is 0 Å². The number of nitrogens with one attached hydrogen (secondary N) is 1. The van der Waals surface area contributed by atoms with Gasteiger partial charge in [-0.3, -0.25) is 0 Å². The molecule has 0 amide bonds. The van der Waals surface area contributed by atoms with E-state index < -0.39 is 9.84 Å². The van der Waals surface area contributed by atoms with E-state index in [2.05, 4.69) is 29.4 Å². The second-order valence-electron chi connectivity index (χ2n) is 4.02. The maximum atomic E-state index is 11.1. The molecule has 0 saturated heterocycles. The normalized spacial score (nSPS) is 13.8. The van der Waals surface area contributed by atoms with Gasteiger partial charge in [0.1, 0.15) is 15.8 Å². The average Bonchev–Trinajstić information content (AvgIpc) is 2.65. The summed E-state index contributed by atoms with van der Waals surface area (Å²) in [7, 11) is -3.03. The van der Waals surface area contributed by atoms with Crippen LogP contribution in [0.25, 0.3) is 0 Å². The van der Waals surface area contributed by atoms with Crippen LogP contribution in [0.4, 0.5) is 0 Å². The third-order valence-corrected chi connectivity index (χ3v) is 4.23. The van der Waals surface area contributed by atoms with Crippen molar-refractivity contribution in [3.8, 4) is 0 Å². The van der Waals surface area contributed by atoms with Crippen molar-refractivity contribution >= 4 is 21.2 Å². The van der Waals surface area contributed by atoms with Crippen molar-refractivity contribution in [2.45, 2.75) is 38.5 Å². The minimum absolute atomic E-state index is 0.0190. The zero-order valence-corrected chi connectivity index (χ0v) is 12.1. The first kappa shape index (κ1) is 14.5. The topological polar surface area (TPSA) is 72.0 Å². The molecule has 0 aliphatic rings. The fraction of sp³-hybridized carbons (Fsp3) is 0.800. The van der Waals surface area contributed by atoms with Gasteiger partial charge in [-0.05, 0) is 19.4 Å². The standard InChI is InChI=1S/C10H19N3O2S2/c1-4-6-11-8(5-2)10-13-12-9(16-10)7-17(3,14)15/h8,11H,4-7H2,1-3H3. The Morgan fingerprint density at radius 2 is 2.06 bits per heavy atom. The Morgan fingerprint density at radius 3 is 2.59 bits per heavy atom. The Kier molecular flexibility index (Phi) is 5.48. The Balaban J connectivity index is 2.71. The summed E-state index contributed by atoms with van der Waals surface area (Å²) in [6.45, 7) is 5.11. The van der Waals surface area contributed by atoms with Gasteiger partial charge in [-0.2, -0.15) is 0 Å². The van der Waals surface area contributed by atoms with Crippen LogP contribution in [0.1, 0.15) is 42.7 Å². The monoisotopic (exact) mass is 277 g/mol. The van der Waals surface area contributed by atoms with E-state index in [1.807, 2.05) is 0 Å². The second kappa shape index (κ2) is 6.42. The SMILES string of the molecule is CCCNC(CC)c1nnc(CS(C)(=O)=O)s1. The van der Waals surface area contributed by atoms with Gasteiger partial charge in [0.25, 0.3) is 0 Å². The molecule has 5 nitrogen and oxygen atoms in total. The van der Waals surface area contributed by atoms with Crippen molar-refractivity contribution in [1.82, 2.24) is 15.5 Å². The molecule has 1 heterocycles. The minimum atomic E-state index is -3.03. The smallest absolute Gasteiger partial charge is 0.154 e. The highest BCUT2D eigenvalue weighted by Crippen LogP contribution is 2.21. The number of aromatic nitrogens is 2. The first-order valence-electron chi connectivity index (χ1n) is 5.69. The van der Waals surface area contributed by atoms with Crippen molar-refractivity contribution in [3.05, 3.63) is 10.0 Å². The molecule has 1 atom stereocenters. The number of sulfone groups is 1. The predicted molar refractivity (Wildman–Crippen MR) is 69.8 cm³/mol. The van der Waals surface area contributed by atoms with Crippen molar-refractivity contribution in [2.24, 2.45) is 0 Å². The van der Waals surface area contributed by atoms with Crippen LogP contribution >= 0.6 is 11.3 Å². The molecule has 1 N–H and O–H groups in total. The van der Waals surface area contributed by atoms with E-state index in [1.54, 1.807) is 0 Å². The van der Waals surface area contributed by atoms with Crippen LogP contribution in [0.3, 0.4) is 0 Å². The number of hydrogen-bond acceptors (Lipinski definition) is 6. The summed E-state index contributed by atoms with van der Waals surface area (Å²) < 4.78 is 22.3. The van der Waals surface area contributed by atoms with Crippen LogP contribution in [-0.2, 0) is 15.6 Å². The van der Waals surface area contributed by atoms with E-state index in [4.69, 9.17) is 0 Å². The highest BCUT2D eigenvalue weighted by atomic mass is 32.2. The predicted octanol–water partition coefficient (Wildman–Crippen LogP) is 1.53. The van der Waals surface area contributed by atoms with Gasteiger partial charge in [-0.15, -0.1) is 10.2 Å². The van der Waals surface area contributed by atoms with E-state index in [9.17, 15) is 8.42 Å². The molecule has 0 radical (unpaired) electrons. The van der Waals surface area contributed by atoms with Gasteiger partial charge in [-0.1, -0.05) is 25.2 Å². The molecule has 17 heavy (non-hydrogen) atoms. The summed E-state index contributed by atoms with van der Waals surface area (Å²) in [5, 5.41) is 12.8. The largest absolute Gasteiger partial charge is 0.308 e. The summed E-state index contributed by atoms with van der Waals surface area (Å²) in [4.78, 5) is 0. The molecule has 0 saturated carbocycles. The highest BCUT2D eigenvalue weighted by molar-refractivity contribution is 7.90. The third-order valence-electron chi connectivity index (χ3n) is 2.22. The molecule has 1 rings (SSSR count). The van der Waals surface area contributed by atoms with Gasteiger partial charge in [0.2, 0.25) is 0 Å². The molecule has 0 aliphatic carbocycles. The lowest BCUT2D eigenvalue weighted by Crippen LogP contribution is -2.21. The van der Waals surface area contributed by atoms with E-state index >= 15 is 0 Å². The van der Waals surface area contributed by atoms with Crippen molar-refractivity contribution in [1.29, 1.82) is 0 Å². The maximum Gasteiger partial charge on any atom is 0.154 e. The molecule has 0 aromatic carbocycles. The Bertz CT molecular complexity index is 442. The van der Waals surface area contributed by atoms with Crippen LogP contribution in [0.15, 0.2) is 0 Å². The molecule has 1 unspecified atom stereocenters. The minimum Gasteiger partial charge on any atom is -0.308 e. The average molecular weight is 277 g/mol. The zero-order chi connectivity index (χ0) is 12.9. The third kappa shape index (κ3) is 5.10. The molecular formula is C10H19N3O2S2. The van der Waals surface area contributed by atoms with Gasteiger partial charge >= 0.3 is 0 Å². The van der Waals surface area contributed by atoms with Gasteiger partial charge in [0, 0.05) is 6.26 Å². The lowest BCUT2D eigenvalue weighted by Gasteiger charge is -2.12. The zero-order valence-electron chi connectivity index (χ0n) is 10.4. The van der Waals surface area contributed by atoms with Gasteiger partial charge in [0.15, 0.2) is 9.84 Å². The van der Waals surface area contributed by atoms with Crippen molar-refractivity contribution < 1.29 is 8.42 Å². The Morgan fingerprint density at radius 1 is 1.35 bits per heavy atom. The second-order valence-corrected chi connectivity index (χ2v) is 7.25. The lowest BCUT2D eigenvalue weighted by molar-refractivity contribution is 0.513. The highest BCUT2D eigenvalue weighted by Gasteiger charge is 2.16. The molecule has 98 valence electrons. The molecule has 0 fully saturated rings. The molecular weight excluding hydrogens is 258 g/mol. The van der Waals surface area contributed by atoms with E-state index in [0.29, 0.717) is 5.01 Å². The van der Waals surface area contributed by atoms with Crippen molar-refractivity contribution in [2.75, 3.05) is 12.8 Å². The van der Waals surface area contributed by atoms with Gasteiger partial charge in [-0.25, -0.2) is 8.42 Å². The molecule has 0 aliphatic heterocycles. The van der Waals surface area contributed by atoms with E-state index in [-0.39, 0.29) is 11.8 Å². The van der Waals surface area contributed by atoms with Gasteiger partial charge < -0.3 is 5.32 Å². The number of nitrogens with zero attached hydrogens (tertiary/aromatic N) is 2. The molecule has 0 spiro atoms. The summed E-state index contributed by atoms with van der Waals surface area (Å²) >= 11 is 1.38. The summed E-state index contributed by atoms with van der Waals surface area (Å²) in [5.41, 5.74) is 0. The number of hydrogen-bond donors (Lipinski definition) is 1. The Hall–Kier alpha value is -0.530. The van der Waals surface area contributed by atoms with Crippen LogP contribution in [-0.4, -0.2) is 31.4 Å². The van der Waals surface area contributed by atoms with Crippen LogP contribution in [0.2, 0.25) is 0 Å². The van der Waals surface area contributed by atoms with Crippen molar-refractivity contribution in [3.63, 3.8) is 0 Å². The van der Waals surface area contributed by atoms with Crippen LogP contribution < -0.4 is 5.32 Å². The summed E-state index contributed by atoms with van der Waals surface area (Å²) in [5.74, 6) is -0.0190. The summed E-state index contributed by atoms with van der Waals surface area (Å²) in [6.07, 6.45) is 3.19.